The number of hydrogen-bond donors (Lipinski definition) is 1. The summed E-state index contributed by atoms with van der Waals surface area (Å²) in [5.41, 5.74) is 3.53. The minimum absolute atomic E-state index is 0.173. The SMILES string of the molecule is CC(Oc1ccccc1Cl)C(=O)NN1C(=O)CSC1c1ccc(Cl)cc1. The highest BCUT2D eigenvalue weighted by atomic mass is 35.5. The highest BCUT2D eigenvalue weighted by molar-refractivity contribution is 8.00. The number of halogens is 2. The molecule has 1 aliphatic rings. The molecule has 1 fully saturated rings. The van der Waals surface area contributed by atoms with Crippen LogP contribution in [0.1, 0.15) is 17.9 Å². The zero-order valence-corrected chi connectivity index (χ0v) is 16.1. The van der Waals surface area contributed by atoms with E-state index in [4.69, 9.17) is 27.9 Å². The standard InChI is InChI=1S/C18H16Cl2N2O3S/c1-11(25-15-5-3-2-4-14(15)20)17(24)21-22-16(23)10-26-18(22)12-6-8-13(19)9-7-12/h2-9,11,18H,10H2,1H3,(H,21,24). The first kappa shape index (κ1) is 18.9. The highest BCUT2D eigenvalue weighted by Crippen LogP contribution is 2.37. The second-order valence-corrected chi connectivity index (χ2v) is 7.56. The first-order valence-corrected chi connectivity index (χ1v) is 9.67. The molecule has 0 saturated carbocycles. The van der Waals surface area contributed by atoms with E-state index in [1.165, 1.54) is 16.8 Å². The molecule has 1 N–H and O–H groups in total. The number of carbonyl (C=O) groups excluding carboxylic acids is 2. The molecule has 1 aliphatic heterocycles. The summed E-state index contributed by atoms with van der Waals surface area (Å²) in [4.78, 5) is 24.7. The number of amides is 2. The van der Waals surface area contributed by atoms with Crippen molar-refractivity contribution >= 4 is 46.8 Å². The normalized spacial score (nSPS) is 17.9. The van der Waals surface area contributed by atoms with Crippen molar-refractivity contribution in [2.24, 2.45) is 0 Å². The summed E-state index contributed by atoms with van der Waals surface area (Å²) in [5, 5.41) is 2.05. The Morgan fingerprint density at radius 2 is 1.92 bits per heavy atom. The van der Waals surface area contributed by atoms with Crippen LogP contribution in [0.2, 0.25) is 10.0 Å². The van der Waals surface area contributed by atoms with E-state index in [0.717, 1.165) is 5.56 Å². The van der Waals surface area contributed by atoms with E-state index in [2.05, 4.69) is 5.43 Å². The molecular formula is C18H16Cl2N2O3S. The molecule has 5 nitrogen and oxygen atoms in total. The number of carbonyl (C=O) groups is 2. The van der Waals surface area contributed by atoms with Crippen molar-refractivity contribution in [2.45, 2.75) is 18.4 Å². The molecule has 1 heterocycles. The van der Waals surface area contributed by atoms with Crippen molar-refractivity contribution in [3.63, 3.8) is 0 Å². The molecule has 1 saturated heterocycles. The Hall–Kier alpha value is -1.89. The van der Waals surface area contributed by atoms with Gasteiger partial charge in [-0.25, -0.2) is 5.01 Å². The first-order chi connectivity index (χ1) is 12.5. The number of thioether (sulfide) groups is 1. The number of ether oxygens (including phenoxy) is 1. The summed E-state index contributed by atoms with van der Waals surface area (Å²) in [5.74, 6) is 0.0917. The molecular weight excluding hydrogens is 395 g/mol. The van der Waals surface area contributed by atoms with Gasteiger partial charge in [0.15, 0.2) is 6.10 Å². The smallest absolute Gasteiger partial charge is 0.279 e. The topological polar surface area (TPSA) is 58.6 Å². The summed E-state index contributed by atoms with van der Waals surface area (Å²) >= 11 is 13.4. The molecule has 2 aromatic carbocycles. The van der Waals surface area contributed by atoms with Gasteiger partial charge in [-0.3, -0.25) is 15.0 Å². The van der Waals surface area contributed by atoms with E-state index in [0.29, 0.717) is 15.8 Å². The average molecular weight is 411 g/mol. The Bertz CT molecular complexity index is 816. The van der Waals surface area contributed by atoms with Gasteiger partial charge in [-0.05, 0) is 36.8 Å². The van der Waals surface area contributed by atoms with Gasteiger partial charge in [0.25, 0.3) is 11.8 Å². The summed E-state index contributed by atoms with van der Waals surface area (Å²) in [7, 11) is 0. The van der Waals surface area contributed by atoms with Gasteiger partial charge in [-0.2, -0.15) is 0 Å². The quantitative estimate of drug-likeness (QED) is 0.806. The van der Waals surface area contributed by atoms with Crippen molar-refractivity contribution in [3.05, 3.63) is 64.1 Å². The zero-order valence-electron chi connectivity index (χ0n) is 13.8. The number of benzene rings is 2. The van der Waals surface area contributed by atoms with Gasteiger partial charge < -0.3 is 4.74 Å². The fraction of sp³-hybridized carbons (Fsp3) is 0.222. The van der Waals surface area contributed by atoms with Crippen LogP contribution in [-0.4, -0.2) is 28.7 Å². The van der Waals surface area contributed by atoms with Gasteiger partial charge in [-0.15, -0.1) is 11.8 Å². The lowest BCUT2D eigenvalue weighted by atomic mass is 10.2. The third kappa shape index (κ3) is 4.26. The number of para-hydroxylation sites is 1. The lowest BCUT2D eigenvalue weighted by Gasteiger charge is -2.26. The lowest BCUT2D eigenvalue weighted by Crippen LogP contribution is -2.49. The van der Waals surface area contributed by atoms with Crippen LogP contribution < -0.4 is 10.2 Å². The molecule has 2 amide bonds. The van der Waals surface area contributed by atoms with Crippen LogP contribution in [-0.2, 0) is 9.59 Å². The second kappa shape index (κ2) is 8.20. The molecule has 0 bridgehead atoms. The molecule has 0 aliphatic carbocycles. The van der Waals surface area contributed by atoms with E-state index in [1.54, 1.807) is 43.3 Å². The Morgan fingerprint density at radius 3 is 2.62 bits per heavy atom. The number of nitrogens with one attached hydrogen (secondary N) is 1. The minimum Gasteiger partial charge on any atom is -0.479 e. The van der Waals surface area contributed by atoms with Crippen LogP contribution >= 0.6 is 35.0 Å². The fourth-order valence-electron chi connectivity index (χ4n) is 2.41. The predicted molar refractivity (Wildman–Crippen MR) is 103 cm³/mol. The Morgan fingerprint density at radius 1 is 1.23 bits per heavy atom. The second-order valence-electron chi connectivity index (χ2n) is 5.65. The van der Waals surface area contributed by atoms with Crippen molar-refractivity contribution in [1.82, 2.24) is 10.4 Å². The zero-order chi connectivity index (χ0) is 18.7. The maximum Gasteiger partial charge on any atom is 0.279 e. The van der Waals surface area contributed by atoms with Crippen LogP contribution in [0.4, 0.5) is 0 Å². The number of hydrogen-bond acceptors (Lipinski definition) is 4. The van der Waals surface area contributed by atoms with Crippen LogP contribution in [0.15, 0.2) is 48.5 Å². The monoisotopic (exact) mass is 410 g/mol. The maximum absolute atomic E-state index is 12.5. The van der Waals surface area contributed by atoms with Gasteiger partial charge in [0.2, 0.25) is 0 Å². The van der Waals surface area contributed by atoms with Gasteiger partial charge in [-0.1, -0.05) is 47.5 Å². The van der Waals surface area contributed by atoms with E-state index in [-0.39, 0.29) is 17.0 Å². The van der Waals surface area contributed by atoms with Gasteiger partial charge >= 0.3 is 0 Å². The Balaban J connectivity index is 1.69. The fourth-order valence-corrected chi connectivity index (χ4v) is 3.83. The van der Waals surface area contributed by atoms with Crippen molar-refractivity contribution in [1.29, 1.82) is 0 Å². The maximum atomic E-state index is 12.5. The third-order valence-corrected chi connectivity index (χ3v) is 5.54. The molecule has 136 valence electrons. The van der Waals surface area contributed by atoms with Crippen LogP contribution in [0.5, 0.6) is 5.75 Å². The van der Waals surface area contributed by atoms with Crippen molar-refractivity contribution in [3.8, 4) is 5.75 Å². The Labute approximate surface area is 165 Å². The third-order valence-electron chi connectivity index (χ3n) is 3.76. The van der Waals surface area contributed by atoms with E-state index in [1.807, 2.05) is 12.1 Å². The molecule has 8 heteroatoms. The highest BCUT2D eigenvalue weighted by Gasteiger charge is 2.35. The minimum atomic E-state index is -0.820. The molecule has 3 rings (SSSR count). The molecule has 2 atom stereocenters. The van der Waals surface area contributed by atoms with Gasteiger partial charge in [0, 0.05) is 5.02 Å². The molecule has 2 aromatic rings. The van der Waals surface area contributed by atoms with Crippen LogP contribution in [0.3, 0.4) is 0 Å². The van der Waals surface area contributed by atoms with E-state index in [9.17, 15) is 9.59 Å². The molecule has 0 radical (unpaired) electrons. The largest absolute Gasteiger partial charge is 0.479 e. The predicted octanol–water partition coefficient (Wildman–Crippen LogP) is 4.07. The molecule has 26 heavy (non-hydrogen) atoms. The number of nitrogens with zero attached hydrogens (tertiary/aromatic N) is 1. The van der Waals surface area contributed by atoms with Crippen LogP contribution in [0, 0.1) is 0 Å². The van der Waals surface area contributed by atoms with Crippen molar-refractivity contribution in [2.75, 3.05) is 5.75 Å². The van der Waals surface area contributed by atoms with E-state index < -0.39 is 12.0 Å². The molecule has 0 aromatic heterocycles. The Kier molecular flexibility index (Phi) is 5.96. The molecule has 0 spiro atoms. The van der Waals surface area contributed by atoms with Crippen LogP contribution in [0.25, 0.3) is 0 Å². The number of rotatable bonds is 5. The van der Waals surface area contributed by atoms with E-state index >= 15 is 0 Å². The van der Waals surface area contributed by atoms with Gasteiger partial charge in [0.05, 0.1) is 10.8 Å². The summed E-state index contributed by atoms with van der Waals surface area (Å²) in [6, 6.07) is 14.1. The summed E-state index contributed by atoms with van der Waals surface area (Å²) in [6.45, 7) is 1.60. The van der Waals surface area contributed by atoms with Crippen molar-refractivity contribution < 1.29 is 14.3 Å². The lowest BCUT2D eigenvalue weighted by molar-refractivity contribution is -0.142. The average Bonchev–Trinajstić information content (AvgIpc) is 2.98. The first-order valence-electron chi connectivity index (χ1n) is 7.86. The number of hydrazine groups is 1. The van der Waals surface area contributed by atoms with Gasteiger partial charge in [0.1, 0.15) is 11.1 Å². The molecule has 2 unspecified atom stereocenters. The summed E-state index contributed by atoms with van der Waals surface area (Å²) < 4.78 is 5.60. The summed E-state index contributed by atoms with van der Waals surface area (Å²) in [6.07, 6.45) is -0.820.